The van der Waals surface area contributed by atoms with Gasteiger partial charge in [-0.2, -0.15) is 0 Å². The molecular weight excluding hydrogens is 350 g/mol. The molecule has 3 rings (SSSR count). The van der Waals surface area contributed by atoms with E-state index in [1.165, 1.54) is 38.5 Å². The zero-order chi connectivity index (χ0) is 17.5. The molecule has 0 atom stereocenters. The van der Waals surface area contributed by atoms with E-state index < -0.39 is 0 Å². The summed E-state index contributed by atoms with van der Waals surface area (Å²) in [5, 5.41) is 3.38. The van der Waals surface area contributed by atoms with Crippen molar-refractivity contribution < 1.29 is 9.59 Å². The quantitative estimate of drug-likeness (QED) is 0.764. The van der Waals surface area contributed by atoms with Crippen LogP contribution < -0.4 is 5.32 Å². The molecule has 2 aliphatic heterocycles. The minimum atomic E-state index is 0. The Hall–Kier alpha value is -0.810. The molecule has 1 aliphatic carbocycles. The normalized spacial score (nSPS) is 22.3. The fourth-order valence-electron chi connectivity index (χ4n) is 4.65. The molecule has 2 saturated heterocycles. The lowest BCUT2D eigenvalue weighted by molar-refractivity contribution is -0.139. The molecule has 2 amide bonds. The predicted molar refractivity (Wildman–Crippen MR) is 106 cm³/mol. The highest BCUT2D eigenvalue weighted by Gasteiger charge is 2.25. The van der Waals surface area contributed by atoms with Crippen molar-refractivity contribution in [3.63, 3.8) is 0 Å². The van der Waals surface area contributed by atoms with Crippen LogP contribution in [-0.4, -0.2) is 60.9 Å². The van der Waals surface area contributed by atoms with Crippen molar-refractivity contribution in [1.82, 2.24) is 15.1 Å². The highest BCUT2D eigenvalue weighted by Crippen LogP contribution is 2.28. The zero-order valence-electron chi connectivity index (χ0n) is 16.1. The van der Waals surface area contributed by atoms with Gasteiger partial charge >= 0.3 is 0 Å². The van der Waals surface area contributed by atoms with Gasteiger partial charge in [0.2, 0.25) is 11.8 Å². The fraction of sp³-hybridized carbons (Fsp3) is 0.900. The topological polar surface area (TPSA) is 52.7 Å². The van der Waals surface area contributed by atoms with E-state index in [-0.39, 0.29) is 18.3 Å². The Balaban J connectivity index is 0.00000243. The average Bonchev–Trinajstić information content (AvgIpc) is 3.19. The molecule has 0 aromatic heterocycles. The third kappa shape index (κ3) is 6.41. The van der Waals surface area contributed by atoms with E-state index in [0.717, 1.165) is 58.0 Å². The second-order valence-corrected chi connectivity index (χ2v) is 8.18. The molecular formula is C20H36ClN3O2. The van der Waals surface area contributed by atoms with E-state index in [2.05, 4.69) is 5.32 Å². The van der Waals surface area contributed by atoms with Gasteiger partial charge < -0.3 is 15.1 Å². The van der Waals surface area contributed by atoms with Crippen LogP contribution in [0.1, 0.15) is 64.2 Å². The summed E-state index contributed by atoms with van der Waals surface area (Å²) in [6, 6.07) is 0. The Morgan fingerprint density at radius 3 is 1.62 bits per heavy atom. The minimum Gasteiger partial charge on any atom is -0.339 e. The number of amides is 2. The second-order valence-electron chi connectivity index (χ2n) is 8.18. The molecule has 26 heavy (non-hydrogen) atoms. The number of piperazine rings is 1. The molecule has 0 radical (unpaired) electrons. The first-order valence-electron chi connectivity index (χ1n) is 10.5. The van der Waals surface area contributed by atoms with E-state index >= 15 is 0 Å². The number of nitrogens with one attached hydrogen (secondary N) is 1. The van der Waals surface area contributed by atoms with Crippen LogP contribution in [0.2, 0.25) is 0 Å². The first-order chi connectivity index (χ1) is 12.2. The number of hydrogen-bond acceptors (Lipinski definition) is 3. The minimum absolute atomic E-state index is 0. The number of hydrogen-bond donors (Lipinski definition) is 1. The Morgan fingerprint density at radius 2 is 1.15 bits per heavy atom. The van der Waals surface area contributed by atoms with E-state index in [1.54, 1.807) is 0 Å². The third-order valence-electron chi connectivity index (χ3n) is 6.45. The van der Waals surface area contributed by atoms with Gasteiger partial charge in [0.05, 0.1) is 0 Å². The number of piperidine rings is 1. The standard InChI is InChI=1S/C20H35N3O2.ClH/c24-19(7-5-17-3-1-2-4-17)22-13-15-23(16-14-22)20(25)8-6-18-9-11-21-12-10-18;/h17-18,21H,1-16H2;1H. The van der Waals surface area contributed by atoms with Crippen LogP contribution in [0, 0.1) is 11.8 Å². The molecule has 3 fully saturated rings. The number of carbonyl (C=O) groups is 2. The summed E-state index contributed by atoms with van der Waals surface area (Å²) in [5.41, 5.74) is 0. The summed E-state index contributed by atoms with van der Waals surface area (Å²) >= 11 is 0. The van der Waals surface area contributed by atoms with Gasteiger partial charge in [0, 0.05) is 39.0 Å². The summed E-state index contributed by atoms with van der Waals surface area (Å²) in [4.78, 5) is 28.8. The molecule has 0 bridgehead atoms. The van der Waals surface area contributed by atoms with Gasteiger partial charge in [-0.15, -0.1) is 12.4 Å². The van der Waals surface area contributed by atoms with Gasteiger partial charge in [0.15, 0.2) is 0 Å². The lowest BCUT2D eigenvalue weighted by Gasteiger charge is -2.35. The molecule has 1 saturated carbocycles. The summed E-state index contributed by atoms with van der Waals surface area (Å²) in [7, 11) is 0. The van der Waals surface area contributed by atoms with Gasteiger partial charge in [0.25, 0.3) is 0 Å². The van der Waals surface area contributed by atoms with Crippen LogP contribution >= 0.6 is 12.4 Å². The molecule has 6 heteroatoms. The maximum Gasteiger partial charge on any atom is 0.222 e. The largest absolute Gasteiger partial charge is 0.339 e. The first-order valence-corrected chi connectivity index (χ1v) is 10.5. The second kappa shape index (κ2) is 11.1. The molecule has 0 aromatic carbocycles. The van der Waals surface area contributed by atoms with Crippen LogP contribution in [0.4, 0.5) is 0 Å². The fourth-order valence-corrected chi connectivity index (χ4v) is 4.65. The highest BCUT2D eigenvalue weighted by molar-refractivity contribution is 5.85. The SMILES string of the molecule is Cl.O=C(CCC1CCCC1)N1CCN(C(=O)CCC2CCNCC2)CC1. The van der Waals surface area contributed by atoms with Crippen LogP contribution in [-0.2, 0) is 9.59 Å². The van der Waals surface area contributed by atoms with E-state index in [0.29, 0.717) is 24.7 Å². The molecule has 2 heterocycles. The summed E-state index contributed by atoms with van der Waals surface area (Å²) in [5.74, 6) is 2.08. The van der Waals surface area contributed by atoms with Gasteiger partial charge in [-0.05, 0) is 50.6 Å². The van der Waals surface area contributed by atoms with Gasteiger partial charge in [0.1, 0.15) is 0 Å². The molecule has 150 valence electrons. The lowest BCUT2D eigenvalue weighted by atomic mass is 9.93. The van der Waals surface area contributed by atoms with Crippen molar-refractivity contribution in [1.29, 1.82) is 0 Å². The van der Waals surface area contributed by atoms with Crippen molar-refractivity contribution >= 4 is 24.2 Å². The molecule has 5 nitrogen and oxygen atoms in total. The number of halogens is 1. The first kappa shape index (κ1) is 21.5. The maximum atomic E-state index is 12.4. The Kier molecular flexibility index (Phi) is 9.20. The van der Waals surface area contributed by atoms with Crippen LogP contribution in [0.5, 0.6) is 0 Å². The number of rotatable bonds is 6. The molecule has 0 spiro atoms. The van der Waals surface area contributed by atoms with Crippen molar-refractivity contribution in [2.45, 2.75) is 64.2 Å². The van der Waals surface area contributed by atoms with E-state index in [4.69, 9.17) is 0 Å². The molecule has 0 unspecified atom stereocenters. The van der Waals surface area contributed by atoms with Crippen molar-refractivity contribution in [2.75, 3.05) is 39.3 Å². The summed E-state index contributed by atoms with van der Waals surface area (Å²) in [6.45, 7) is 5.09. The van der Waals surface area contributed by atoms with Gasteiger partial charge in [-0.3, -0.25) is 9.59 Å². The Morgan fingerprint density at radius 1 is 0.731 bits per heavy atom. The van der Waals surface area contributed by atoms with Crippen LogP contribution in [0.25, 0.3) is 0 Å². The predicted octanol–water partition coefficient (Wildman–Crippen LogP) is 2.83. The number of nitrogens with zero attached hydrogens (tertiary/aromatic N) is 2. The van der Waals surface area contributed by atoms with E-state index in [1.807, 2.05) is 9.80 Å². The maximum absolute atomic E-state index is 12.4. The van der Waals surface area contributed by atoms with Gasteiger partial charge in [-0.1, -0.05) is 25.7 Å². The van der Waals surface area contributed by atoms with Crippen LogP contribution in [0.15, 0.2) is 0 Å². The van der Waals surface area contributed by atoms with Crippen LogP contribution in [0.3, 0.4) is 0 Å². The molecule has 3 aliphatic rings. The Labute approximate surface area is 164 Å². The monoisotopic (exact) mass is 385 g/mol. The average molecular weight is 386 g/mol. The van der Waals surface area contributed by atoms with Crippen molar-refractivity contribution in [3.8, 4) is 0 Å². The molecule has 1 N–H and O–H groups in total. The smallest absolute Gasteiger partial charge is 0.222 e. The number of carbonyl (C=O) groups excluding carboxylic acids is 2. The zero-order valence-corrected chi connectivity index (χ0v) is 16.9. The third-order valence-corrected chi connectivity index (χ3v) is 6.45. The highest BCUT2D eigenvalue weighted by atomic mass is 35.5. The Bertz CT molecular complexity index is 440. The molecule has 0 aromatic rings. The summed E-state index contributed by atoms with van der Waals surface area (Å²) in [6.07, 6.45) is 11.2. The lowest BCUT2D eigenvalue weighted by Crippen LogP contribution is -2.50. The van der Waals surface area contributed by atoms with E-state index in [9.17, 15) is 9.59 Å². The summed E-state index contributed by atoms with van der Waals surface area (Å²) < 4.78 is 0. The van der Waals surface area contributed by atoms with Crippen molar-refractivity contribution in [2.24, 2.45) is 11.8 Å². The van der Waals surface area contributed by atoms with Gasteiger partial charge in [-0.25, -0.2) is 0 Å². The van der Waals surface area contributed by atoms with Crippen molar-refractivity contribution in [3.05, 3.63) is 0 Å².